The molecule has 0 aliphatic carbocycles. The van der Waals surface area contributed by atoms with Crippen LogP contribution in [0.1, 0.15) is 18.9 Å². The maximum atomic E-state index is 5.51. The maximum Gasteiger partial charge on any atom is 0.119 e. The van der Waals surface area contributed by atoms with Gasteiger partial charge in [-0.15, -0.1) is 0 Å². The molecule has 2 atom stereocenters. The third kappa shape index (κ3) is 4.47. The molecule has 1 fully saturated rings. The number of morpholine rings is 1. The van der Waals surface area contributed by atoms with Crippen molar-refractivity contribution < 1.29 is 9.47 Å². The van der Waals surface area contributed by atoms with Crippen LogP contribution < -0.4 is 10.1 Å². The lowest BCUT2D eigenvalue weighted by molar-refractivity contribution is 0.0638. The molecule has 2 unspecified atom stereocenters. The molecule has 0 radical (unpaired) electrons. The van der Waals surface area contributed by atoms with Gasteiger partial charge in [-0.2, -0.15) is 0 Å². The highest BCUT2D eigenvalue weighted by Crippen LogP contribution is 2.16. The van der Waals surface area contributed by atoms with E-state index in [9.17, 15) is 0 Å². The highest BCUT2D eigenvalue weighted by atomic mass is 16.5. The van der Waals surface area contributed by atoms with Crippen molar-refractivity contribution in [3.05, 3.63) is 29.8 Å². The lowest BCUT2D eigenvalue weighted by Crippen LogP contribution is -2.45. The monoisotopic (exact) mass is 278 g/mol. The largest absolute Gasteiger partial charge is 0.497 e. The second-order valence-electron chi connectivity index (χ2n) is 5.58. The van der Waals surface area contributed by atoms with E-state index in [1.54, 1.807) is 7.11 Å². The lowest BCUT2D eigenvalue weighted by Gasteiger charge is -2.31. The predicted molar refractivity (Wildman–Crippen MR) is 81.1 cm³/mol. The average molecular weight is 278 g/mol. The third-order valence-corrected chi connectivity index (χ3v) is 3.94. The number of rotatable bonds is 6. The van der Waals surface area contributed by atoms with Crippen LogP contribution in [-0.2, 0) is 11.3 Å². The van der Waals surface area contributed by atoms with Crippen molar-refractivity contribution in [3.8, 4) is 5.75 Å². The fraction of sp³-hybridized carbons (Fsp3) is 0.625. The van der Waals surface area contributed by atoms with Crippen LogP contribution >= 0.6 is 0 Å². The SMILES string of the molecule is COc1cccc(CN(C)C(C)CC2COCCN2)c1. The molecule has 0 saturated carbocycles. The van der Waals surface area contributed by atoms with Gasteiger partial charge in [0.1, 0.15) is 5.75 Å². The molecule has 1 aliphatic heterocycles. The Morgan fingerprint density at radius 3 is 3.05 bits per heavy atom. The van der Waals surface area contributed by atoms with Crippen LogP contribution in [0.4, 0.5) is 0 Å². The molecule has 1 N–H and O–H groups in total. The van der Waals surface area contributed by atoms with Crippen molar-refractivity contribution in [1.29, 1.82) is 0 Å². The van der Waals surface area contributed by atoms with Gasteiger partial charge in [-0.05, 0) is 38.1 Å². The van der Waals surface area contributed by atoms with E-state index in [1.807, 2.05) is 12.1 Å². The number of methoxy groups -OCH3 is 1. The fourth-order valence-corrected chi connectivity index (χ4v) is 2.58. The van der Waals surface area contributed by atoms with Crippen LogP contribution in [0, 0.1) is 0 Å². The number of nitrogens with one attached hydrogen (secondary N) is 1. The fourth-order valence-electron chi connectivity index (χ4n) is 2.58. The molecule has 1 saturated heterocycles. The average Bonchev–Trinajstić information content (AvgIpc) is 2.48. The van der Waals surface area contributed by atoms with Gasteiger partial charge in [-0.3, -0.25) is 4.90 Å². The molecule has 1 aromatic carbocycles. The molecule has 20 heavy (non-hydrogen) atoms. The number of hydrogen-bond donors (Lipinski definition) is 1. The summed E-state index contributed by atoms with van der Waals surface area (Å²) in [5.74, 6) is 0.922. The van der Waals surface area contributed by atoms with E-state index in [1.165, 1.54) is 5.56 Å². The molecule has 0 bridgehead atoms. The van der Waals surface area contributed by atoms with Gasteiger partial charge in [0.15, 0.2) is 0 Å². The number of nitrogens with zero attached hydrogens (tertiary/aromatic N) is 1. The van der Waals surface area contributed by atoms with Gasteiger partial charge in [0.25, 0.3) is 0 Å². The molecule has 0 amide bonds. The molecule has 0 spiro atoms. The van der Waals surface area contributed by atoms with E-state index < -0.39 is 0 Å². The van der Waals surface area contributed by atoms with E-state index in [0.29, 0.717) is 12.1 Å². The van der Waals surface area contributed by atoms with E-state index >= 15 is 0 Å². The zero-order chi connectivity index (χ0) is 14.4. The molecular formula is C16H26N2O2. The van der Waals surface area contributed by atoms with Gasteiger partial charge < -0.3 is 14.8 Å². The Labute approximate surface area is 122 Å². The molecule has 4 nitrogen and oxygen atoms in total. The summed E-state index contributed by atoms with van der Waals surface area (Å²) >= 11 is 0. The van der Waals surface area contributed by atoms with E-state index in [2.05, 4.69) is 36.3 Å². The Hall–Kier alpha value is -1.10. The van der Waals surface area contributed by atoms with Crippen molar-refractivity contribution in [1.82, 2.24) is 10.2 Å². The van der Waals surface area contributed by atoms with Crippen molar-refractivity contribution in [2.24, 2.45) is 0 Å². The third-order valence-electron chi connectivity index (χ3n) is 3.94. The number of hydrogen-bond acceptors (Lipinski definition) is 4. The van der Waals surface area contributed by atoms with E-state index in [0.717, 1.165) is 38.5 Å². The molecule has 112 valence electrons. The first-order valence-corrected chi connectivity index (χ1v) is 7.33. The van der Waals surface area contributed by atoms with Gasteiger partial charge in [-0.25, -0.2) is 0 Å². The predicted octanol–water partition coefficient (Wildman–Crippen LogP) is 1.89. The van der Waals surface area contributed by atoms with Crippen molar-refractivity contribution in [2.75, 3.05) is 33.9 Å². The Morgan fingerprint density at radius 1 is 1.50 bits per heavy atom. The second-order valence-corrected chi connectivity index (χ2v) is 5.58. The first-order chi connectivity index (χ1) is 9.69. The Kier molecular flexibility index (Phi) is 5.83. The van der Waals surface area contributed by atoms with Crippen molar-refractivity contribution in [3.63, 3.8) is 0 Å². The highest BCUT2D eigenvalue weighted by Gasteiger charge is 2.18. The number of benzene rings is 1. The van der Waals surface area contributed by atoms with Crippen LogP contribution in [0.25, 0.3) is 0 Å². The van der Waals surface area contributed by atoms with Crippen LogP contribution in [0.3, 0.4) is 0 Å². The smallest absolute Gasteiger partial charge is 0.119 e. The van der Waals surface area contributed by atoms with Crippen LogP contribution in [0.15, 0.2) is 24.3 Å². The molecular weight excluding hydrogens is 252 g/mol. The minimum atomic E-state index is 0.478. The van der Waals surface area contributed by atoms with E-state index in [4.69, 9.17) is 9.47 Å². The highest BCUT2D eigenvalue weighted by molar-refractivity contribution is 5.28. The summed E-state index contributed by atoms with van der Waals surface area (Å²) in [4.78, 5) is 2.38. The van der Waals surface area contributed by atoms with Crippen molar-refractivity contribution >= 4 is 0 Å². The van der Waals surface area contributed by atoms with Crippen LogP contribution in [0.2, 0.25) is 0 Å². The molecule has 1 aromatic rings. The summed E-state index contributed by atoms with van der Waals surface area (Å²) in [5.41, 5.74) is 1.28. The lowest BCUT2D eigenvalue weighted by atomic mass is 10.1. The van der Waals surface area contributed by atoms with Gasteiger partial charge in [0, 0.05) is 25.2 Å². The zero-order valence-corrected chi connectivity index (χ0v) is 12.8. The Morgan fingerprint density at radius 2 is 2.35 bits per heavy atom. The molecule has 1 heterocycles. The number of ether oxygens (including phenoxy) is 2. The quantitative estimate of drug-likeness (QED) is 0.861. The molecule has 1 aliphatic rings. The summed E-state index contributed by atoms with van der Waals surface area (Å²) < 4.78 is 10.8. The summed E-state index contributed by atoms with van der Waals surface area (Å²) in [5, 5.41) is 3.52. The van der Waals surface area contributed by atoms with Crippen molar-refractivity contribution in [2.45, 2.75) is 32.0 Å². The van der Waals surface area contributed by atoms with Crippen LogP contribution in [-0.4, -0.2) is 50.9 Å². The Bertz CT molecular complexity index is 405. The van der Waals surface area contributed by atoms with Crippen LogP contribution in [0.5, 0.6) is 5.75 Å². The minimum Gasteiger partial charge on any atom is -0.497 e. The summed E-state index contributed by atoms with van der Waals surface area (Å²) in [7, 11) is 3.88. The normalized spacial score (nSPS) is 20.9. The first kappa shape index (κ1) is 15.3. The Balaban J connectivity index is 1.84. The van der Waals surface area contributed by atoms with Gasteiger partial charge in [-0.1, -0.05) is 12.1 Å². The van der Waals surface area contributed by atoms with E-state index in [-0.39, 0.29) is 0 Å². The first-order valence-electron chi connectivity index (χ1n) is 7.33. The van der Waals surface area contributed by atoms with Gasteiger partial charge in [0.2, 0.25) is 0 Å². The summed E-state index contributed by atoms with van der Waals surface area (Å²) in [6.45, 7) is 5.85. The van der Waals surface area contributed by atoms with Gasteiger partial charge in [0.05, 0.1) is 20.3 Å². The van der Waals surface area contributed by atoms with Gasteiger partial charge >= 0.3 is 0 Å². The maximum absolute atomic E-state index is 5.51. The topological polar surface area (TPSA) is 33.7 Å². The summed E-state index contributed by atoms with van der Waals surface area (Å²) in [6, 6.07) is 9.27. The molecule has 0 aromatic heterocycles. The molecule has 4 heteroatoms. The minimum absolute atomic E-state index is 0.478. The zero-order valence-electron chi connectivity index (χ0n) is 12.8. The summed E-state index contributed by atoms with van der Waals surface area (Å²) in [6.07, 6.45) is 1.11. The standard InChI is InChI=1S/C16H26N2O2/c1-13(9-15-12-20-8-7-17-15)18(2)11-14-5-4-6-16(10-14)19-3/h4-6,10,13,15,17H,7-9,11-12H2,1-3H3. The molecule has 2 rings (SSSR count). The second kappa shape index (κ2) is 7.62.